The third-order valence-corrected chi connectivity index (χ3v) is 5.41. The first-order chi connectivity index (χ1) is 12.6. The molecule has 4 nitrogen and oxygen atoms in total. The molecule has 2 aromatic carbocycles. The molecule has 1 atom stereocenters. The van der Waals surface area contributed by atoms with Crippen molar-refractivity contribution < 1.29 is 9.59 Å². The summed E-state index contributed by atoms with van der Waals surface area (Å²) in [6, 6.07) is 16.1. The van der Waals surface area contributed by atoms with Crippen LogP contribution in [0.3, 0.4) is 0 Å². The molecule has 0 unspecified atom stereocenters. The van der Waals surface area contributed by atoms with E-state index in [2.05, 4.69) is 22.8 Å². The van der Waals surface area contributed by atoms with E-state index in [-0.39, 0.29) is 23.6 Å². The number of fused-ring (bicyclic) bond motifs is 1. The molecule has 0 fully saturated rings. The quantitative estimate of drug-likeness (QED) is 0.814. The number of rotatable bonds is 6. The Hall–Kier alpha value is -2.27. The fourth-order valence-electron chi connectivity index (χ4n) is 3.30. The predicted octanol–water partition coefficient (Wildman–Crippen LogP) is 3.86. The Morgan fingerprint density at radius 2 is 1.88 bits per heavy atom. The highest BCUT2D eigenvalue weighted by molar-refractivity contribution is 8.00. The Kier molecular flexibility index (Phi) is 6.34. The average Bonchev–Trinajstić information content (AvgIpc) is 2.62. The molecular weight excluding hydrogens is 344 g/mol. The van der Waals surface area contributed by atoms with E-state index < -0.39 is 0 Å². The van der Waals surface area contributed by atoms with E-state index in [9.17, 15) is 9.59 Å². The Morgan fingerprint density at radius 1 is 1.08 bits per heavy atom. The Morgan fingerprint density at radius 3 is 2.73 bits per heavy atom. The lowest BCUT2D eigenvalue weighted by Gasteiger charge is -2.26. The molecule has 0 heterocycles. The van der Waals surface area contributed by atoms with E-state index in [0.29, 0.717) is 5.75 Å². The van der Waals surface area contributed by atoms with Gasteiger partial charge >= 0.3 is 0 Å². The highest BCUT2D eigenvalue weighted by Gasteiger charge is 2.21. The van der Waals surface area contributed by atoms with Gasteiger partial charge in [-0.3, -0.25) is 9.59 Å². The first-order valence-electron chi connectivity index (χ1n) is 8.93. The van der Waals surface area contributed by atoms with Crippen molar-refractivity contribution in [3.8, 4) is 0 Å². The van der Waals surface area contributed by atoms with Gasteiger partial charge in [-0.1, -0.05) is 36.4 Å². The lowest BCUT2D eigenvalue weighted by molar-refractivity contribution is -0.119. The number of hydrogen-bond donors (Lipinski definition) is 2. The molecule has 2 amide bonds. The summed E-state index contributed by atoms with van der Waals surface area (Å²) in [6.45, 7) is 1.98. The molecule has 0 saturated carbocycles. The van der Waals surface area contributed by atoms with Crippen LogP contribution < -0.4 is 10.6 Å². The van der Waals surface area contributed by atoms with Crippen LogP contribution in [-0.4, -0.2) is 23.3 Å². The summed E-state index contributed by atoms with van der Waals surface area (Å²) in [6.07, 6.45) is 3.14. The van der Waals surface area contributed by atoms with Gasteiger partial charge in [-0.05, 0) is 55.0 Å². The Labute approximate surface area is 158 Å². The molecule has 0 radical (unpaired) electrons. The van der Waals surface area contributed by atoms with Crippen molar-refractivity contribution in [1.82, 2.24) is 5.32 Å². The second-order valence-corrected chi connectivity index (χ2v) is 7.61. The van der Waals surface area contributed by atoms with Crippen molar-refractivity contribution in [2.24, 2.45) is 0 Å². The summed E-state index contributed by atoms with van der Waals surface area (Å²) in [5.41, 5.74) is 4.45. The van der Waals surface area contributed by atoms with E-state index in [1.807, 2.05) is 43.3 Å². The largest absolute Gasteiger partial charge is 0.349 e. The molecule has 0 saturated heterocycles. The zero-order valence-corrected chi connectivity index (χ0v) is 15.8. The molecule has 2 aromatic rings. The van der Waals surface area contributed by atoms with Gasteiger partial charge in [-0.15, -0.1) is 11.8 Å². The van der Waals surface area contributed by atoms with Crippen LogP contribution in [-0.2, 0) is 16.0 Å². The van der Waals surface area contributed by atoms with Gasteiger partial charge in [0.2, 0.25) is 11.8 Å². The van der Waals surface area contributed by atoms with Crippen molar-refractivity contribution in [2.75, 3.05) is 16.8 Å². The molecule has 1 aliphatic carbocycles. The lowest BCUT2D eigenvalue weighted by Crippen LogP contribution is -2.32. The molecular formula is C21H24N2O2S. The Balaban J connectivity index is 1.43. The van der Waals surface area contributed by atoms with Gasteiger partial charge in [0.25, 0.3) is 0 Å². The van der Waals surface area contributed by atoms with Gasteiger partial charge in [0.15, 0.2) is 0 Å². The topological polar surface area (TPSA) is 58.2 Å². The SMILES string of the molecule is Cc1cccc(NC(=O)CSCC(=O)N[C@@H]2CCCc3ccccc32)c1. The molecule has 3 rings (SSSR count). The van der Waals surface area contributed by atoms with E-state index in [4.69, 9.17) is 0 Å². The number of carbonyl (C=O) groups is 2. The number of anilines is 1. The number of nitrogens with one attached hydrogen (secondary N) is 2. The monoisotopic (exact) mass is 368 g/mol. The van der Waals surface area contributed by atoms with E-state index in [1.165, 1.54) is 22.9 Å². The normalized spacial score (nSPS) is 15.8. The van der Waals surface area contributed by atoms with Gasteiger partial charge < -0.3 is 10.6 Å². The van der Waals surface area contributed by atoms with Crippen molar-refractivity contribution >= 4 is 29.3 Å². The van der Waals surface area contributed by atoms with Gasteiger partial charge in [-0.25, -0.2) is 0 Å². The zero-order valence-electron chi connectivity index (χ0n) is 15.0. The van der Waals surface area contributed by atoms with Gasteiger partial charge in [0.05, 0.1) is 17.5 Å². The highest BCUT2D eigenvalue weighted by Crippen LogP contribution is 2.29. The summed E-state index contributed by atoms with van der Waals surface area (Å²) in [4.78, 5) is 24.2. The fourth-order valence-corrected chi connectivity index (χ4v) is 3.92. The van der Waals surface area contributed by atoms with Crippen molar-refractivity contribution in [3.63, 3.8) is 0 Å². The molecule has 5 heteroatoms. The predicted molar refractivity (Wildman–Crippen MR) is 107 cm³/mol. The highest BCUT2D eigenvalue weighted by atomic mass is 32.2. The summed E-state index contributed by atoms with van der Waals surface area (Å²) in [5, 5.41) is 5.97. The number of carbonyl (C=O) groups excluding carboxylic acids is 2. The van der Waals surface area contributed by atoms with Gasteiger partial charge in [-0.2, -0.15) is 0 Å². The first-order valence-corrected chi connectivity index (χ1v) is 10.1. The number of aryl methyl sites for hydroxylation is 2. The van der Waals surface area contributed by atoms with Crippen LogP contribution in [0.15, 0.2) is 48.5 Å². The molecule has 0 bridgehead atoms. The van der Waals surface area contributed by atoms with E-state index in [1.54, 1.807) is 0 Å². The average molecular weight is 369 g/mol. The second kappa shape index (κ2) is 8.90. The molecule has 0 aliphatic heterocycles. The number of thioether (sulfide) groups is 1. The van der Waals surface area contributed by atoms with Crippen LogP contribution in [0, 0.1) is 6.92 Å². The summed E-state index contributed by atoms with van der Waals surface area (Å²) >= 11 is 1.34. The van der Waals surface area contributed by atoms with Gasteiger partial charge in [0, 0.05) is 5.69 Å². The number of amides is 2. The van der Waals surface area contributed by atoms with E-state index in [0.717, 1.165) is 30.5 Å². The Bertz CT molecular complexity index is 791. The standard InChI is InChI=1S/C21H24N2O2S/c1-15-6-4-9-17(12-15)22-20(24)13-26-14-21(25)23-19-11-5-8-16-7-2-3-10-18(16)19/h2-4,6-7,9-10,12,19H,5,8,11,13-14H2,1H3,(H,22,24)(H,23,25)/t19-/m1/s1. The van der Waals surface area contributed by atoms with Crippen LogP contribution in [0.25, 0.3) is 0 Å². The van der Waals surface area contributed by atoms with Crippen LogP contribution in [0.2, 0.25) is 0 Å². The van der Waals surface area contributed by atoms with Crippen LogP contribution >= 0.6 is 11.8 Å². The smallest absolute Gasteiger partial charge is 0.234 e. The van der Waals surface area contributed by atoms with Crippen molar-refractivity contribution in [3.05, 3.63) is 65.2 Å². The van der Waals surface area contributed by atoms with Crippen LogP contribution in [0.1, 0.15) is 35.6 Å². The number of hydrogen-bond acceptors (Lipinski definition) is 3. The third kappa shape index (κ3) is 5.11. The fraction of sp³-hybridized carbons (Fsp3) is 0.333. The first kappa shape index (κ1) is 18.5. The molecule has 0 aromatic heterocycles. The van der Waals surface area contributed by atoms with Crippen LogP contribution in [0.4, 0.5) is 5.69 Å². The molecule has 2 N–H and O–H groups in total. The molecule has 136 valence electrons. The molecule has 0 spiro atoms. The maximum atomic E-state index is 12.2. The molecule has 26 heavy (non-hydrogen) atoms. The summed E-state index contributed by atoms with van der Waals surface area (Å²) < 4.78 is 0. The lowest BCUT2D eigenvalue weighted by atomic mass is 9.88. The van der Waals surface area contributed by atoms with Gasteiger partial charge in [0.1, 0.15) is 0 Å². The minimum absolute atomic E-state index is 0.0138. The number of benzene rings is 2. The van der Waals surface area contributed by atoms with Crippen molar-refractivity contribution in [1.29, 1.82) is 0 Å². The van der Waals surface area contributed by atoms with Crippen molar-refractivity contribution in [2.45, 2.75) is 32.2 Å². The zero-order chi connectivity index (χ0) is 18.4. The summed E-state index contributed by atoms with van der Waals surface area (Å²) in [5.74, 6) is 0.458. The minimum Gasteiger partial charge on any atom is -0.349 e. The van der Waals surface area contributed by atoms with Crippen LogP contribution in [0.5, 0.6) is 0 Å². The van der Waals surface area contributed by atoms with E-state index >= 15 is 0 Å². The maximum absolute atomic E-state index is 12.2. The third-order valence-electron chi connectivity index (χ3n) is 4.47. The minimum atomic E-state index is -0.0867. The summed E-state index contributed by atoms with van der Waals surface area (Å²) in [7, 11) is 0. The second-order valence-electron chi connectivity index (χ2n) is 6.62. The maximum Gasteiger partial charge on any atom is 0.234 e. The molecule has 1 aliphatic rings.